The summed E-state index contributed by atoms with van der Waals surface area (Å²) in [6, 6.07) is 6.00. The van der Waals surface area contributed by atoms with Crippen LogP contribution >= 0.6 is 0 Å². The molecule has 0 unspecified atom stereocenters. The minimum atomic E-state index is -0.455. The average Bonchev–Trinajstić information content (AvgIpc) is 2.58. The van der Waals surface area contributed by atoms with E-state index in [1.165, 1.54) is 16.9 Å². The summed E-state index contributed by atoms with van der Waals surface area (Å²) in [5, 5.41) is 18.4. The number of nitrogen functional groups attached to an aromatic ring is 1. The SMILES string of the molecule is Cn1nc(N)c(-c2ccc([N+](=O)[O-])cc2)n1. The minimum Gasteiger partial charge on any atom is -0.380 e. The van der Waals surface area contributed by atoms with E-state index in [1.54, 1.807) is 19.2 Å². The maximum Gasteiger partial charge on any atom is 0.269 e. The number of rotatable bonds is 2. The van der Waals surface area contributed by atoms with Gasteiger partial charge in [0.05, 0.1) is 4.92 Å². The van der Waals surface area contributed by atoms with E-state index in [4.69, 9.17) is 5.73 Å². The van der Waals surface area contributed by atoms with Crippen molar-refractivity contribution in [2.24, 2.45) is 7.05 Å². The summed E-state index contributed by atoms with van der Waals surface area (Å²) in [4.78, 5) is 11.4. The van der Waals surface area contributed by atoms with Crippen molar-refractivity contribution in [3.63, 3.8) is 0 Å². The lowest BCUT2D eigenvalue weighted by molar-refractivity contribution is -0.384. The van der Waals surface area contributed by atoms with Gasteiger partial charge in [-0.15, -0.1) is 5.10 Å². The number of anilines is 1. The standard InChI is InChI=1S/C9H9N5O2/c1-13-11-8(9(10)12-13)6-2-4-7(5-3-6)14(15)16/h2-5H,1H3,(H2,10,12). The van der Waals surface area contributed by atoms with Gasteiger partial charge in [0, 0.05) is 24.7 Å². The van der Waals surface area contributed by atoms with Crippen LogP contribution in [0.4, 0.5) is 11.5 Å². The van der Waals surface area contributed by atoms with Crippen LogP contribution in [0.2, 0.25) is 0 Å². The van der Waals surface area contributed by atoms with Crippen LogP contribution in [-0.4, -0.2) is 19.9 Å². The third-order valence-corrected chi connectivity index (χ3v) is 2.09. The Labute approximate surface area is 90.6 Å². The monoisotopic (exact) mass is 219 g/mol. The highest BCUT2D eigenvalue weighted by Gasteiger charge is 2.10. The predicted molar refractivity (Wildman–Crippen MR) is 57.5 cm³/mol. The molecule has 0 bridgehead atoms. The number of nitro benzene ring substituents is 1. The molecule has 0 amide bonds. The molecule has 0 fully saturated rings. The van der Waals surface area contributed by atoms with E-state index in [0.717, 1.165) is 0 Å². The van der Waals surface area contributed by atoms with Crippen LogP contribution in [0.25, 0.3) is 11.3 Å². The fourth-order valence-electron chi connectivity index (χ4n) is 1.37. The number of aryl methyl sites for hydroxylation is 1. The number of hydrogen-bond acceptors (Lipinski definition) is 5. The molecule has 1 heterocycles. The molecule has 2 aromatic rings. The van der Waals surface area contributed by atoms with E-state index in [0.29, 0.717) is 17.1 Å². The van der Waals surface area contributed by atoms with Crippen molar-refractivity contribution in [3.05, 3.63) is 34.4 Å². The van der Waals surface area contributed by atoms with Gasteiger partial charge in [-0.1, -0.05) is 0 Å². The summed E-state index contributed by atoms with van der Waals surface area (Å²) in [6.07, 6.45) is 0. The minimum absolute atomic E-state index is 0.0335. The van der Waals surface area contributed by atoms with Crippen LogP contribution in [0.5, 0.6) is 0 Å². The Morgan fingerprint density at radius 1 is 1.31 bits per heavy atom. The van der Waals surface area contributed by atoms with Crippen molar-refractivity contribution < 1.29 is 4.92 Å². The van der Waals surface area contributed by atoms with Crippen molar-refractivity contribution in [1.29, 1.82) is 0 Å². The lowest BCUT2D eigenvalue weighted by Gasteiger charge is -1.96. The van der Waals surface area contributed by atoms with E-state index in [-0.39, 0.29) is 5.69 Å². The smallest absolute Gasteiger partial charge is 0.269 e. The third-order valence-electron chi connectivity index (χ3n) is 2.09. The van der Waals surface area contributed by atoms with Gasteiger partial charge in [0.1, 0.15) is 5.69 Å². The van der Waals surface area contributed by atoms with E-state index < -0.39 is 4.92 Å². The fourth-order valence-corrected chi connectivity index (χ4v) is 1.37. The third kappa shape index (κ3) is 1.70. The second-order valence-electron chi connectivity index (χ2n) is 3.23. The van der Waals surface area contributed by atoms with Crippen LogP contribution in [-0.2, 0) is 7.05 Å². The topological polar surface area (TPSA) is 99.9 Å². The van der Waals surface area contributed by atoms with Gasteiger partial charge in [0.2, 0.25) is 0 Å². The van der Waals surface area contributed by atoms with E-state index in [9.17, 15) is 10.1 Å². The van der Waals surface area contributed by atoms with Gasteiger partial charge in [0.15, 0.2) is 5.82 Å². The van der Waals surface area contributed by atoms with Gasteiger partial charge in [0.25, 0.3) is 5.69 Å². The highest BCUT2D eigenvalue weighted by Crippen LogP contribution is 2.23. The van der Waals surface area contributed by atoms with Crippen molar-refractivity contribution in [2.45, 2.75) is 0 Å². The number of nitro groups is 1. The van der Waals surface area contributed by atoms with Crippen molar-refractivity contribution in [3.8, 4) is 11.3 Å². The van der Waals surface area contributed by atoms with E-state index >= 15 is 0 Å². The number of nitrogens with zero attached hydrogens (tertiary/aromatic N) is 4. The second-order valence-corrected chi connectivity index (χ2v) is 3.23. The lowest BCUT2D eigenvalue weighted by atomic mass is 10.1. The van der Waals surface area contributed by atoms with E-state index in [1.807, 2.05) is 0 Å². The molecule has 0 saturated carbocycles. The molecule has 0 aliphatic heterocycles. The summed E-state index contributed by atoms with van der Waals surface area (Å²) in [5.74, 6) is 0.302. The molecule has 0 atom stereocenters. The van der Waals surface area contributed by atoms with E-state index in [2.05, 4.69) is 10.2 Å². The van der Waals surface area contributed by atoms with Gasteiger partial charge < -0.3 is 5.73 Å². The largest absolute Gasteiger partial charge is 0.380 e. The number of non-ortho nitro benzene ring substituents is 1. The lowest BCUT2D eigenvalue weighted by Crippen LogP contribution is -1.92. The molecule has 1 aromatic carbocycles. The first-order valence-corrected chi connectivity index (χ1v) is 4.49. The van der Waals surface area contributed by atoms with Gasteiger partial charge in [-0.3, -0.25) is 10.1 Å². The molecule has 2 N–H and O–H groups in total. The quantitative estimate of drug-likeness (QED) is 0.599. The Kier molecular flexibility index (Phi) is 2.28. The molecule has 2 rings (SSSR count). The molecule has 0 saturated heterocycles. The van der Waals surface area contributed by atoms with Gasteiger partial charge in [-0.2, -0.15) is 9.90 Å². The molecule has 0 radical (unpaired) electrons. The molecular weight excluding hydrogens is 210 g/mol. The Hall–Kier alpha value is -2.44. The first kappa shape index (κ1) is 10.1. The fraction of sp³-hybridized carbons (Fsp3) is 0.111. The van der Waals surface area contributed by atoms with Gasteiger partial charge >= 0.3 is 0 Å². The van der Waals surface area contributed by atoms with Crippen molar-refractivity contribution in [2.75, 3.05) is 5.73 Å². The average molecular weight is 219 g/mol. The van der Waals surface area contributed by atoms with Crippen LogP contribution in [0.3, 0.4) is 0 Å². The Bertz CT molecular complexity index is 531. The second kappa shape index (κ2) is 3.61. The maximum absolute atomic E-state index is 10.5. The maximum atomic E-state index is 10.5. The van der Waals surface area contributed by atoms with Crippen LogP contribution in [0, 0.1) is 10.1 Å². The normalized spacial score (nSPS) is 10.3. The first-order valence-electron chi connectivity index (χ1n) is 4.49. The predicted octanol–water partition coefficient (Wildman–Crippen LogP) is 0.973. The summed E-state index contributed by atoms with van der Waals surface area (Å²) in [6.45, 7) is 0. The zero-order valence-corrected chi connectivity index (χ0v) is 8.49. The molecule has 7 nitrogen and oxygen atoms in total. The Morgan fingerprint density at radius 2 is 1.94 bits per heavy atom. The number of hydrogen-bond donors (Lipinski definition) is 1. The molecule has 82 valence electrons. The van der Waals surface area contributed by atoms with Crippen LogP contribution in [0.1, 0.15) is 0 Å². The molecule has 16 heavy (non-hydrogen) atoms. The number of aromatic nitrogens is 3. The molecule has 1 aromatic heterocycles. The summed E-state index contributed by atoms with van der Waals surface area (Å²) in [7, 11) is 1.66. The molecule has 0 aliphatic carbocycles. The zero-order chi connectivity index (χ0) is 11.7. The number of nitrogens with two attached hydrogens (primary N) is 1. The van der Waals surface area contributed by atoms with Crippen LogP contribution in [0.15, 0.2) is 24.3 Å². The Morgan fingerprint density at radius 3 is 2.38 bits per heavy atom. The molecular formula is C9H9N5O2. The first-order chi connectivity index (χ1) is 7.58. The molecule has 0 spiro atoms. The van der Waals surface area contributed by atoms with Crippen LogP contribution < -0.4 is 5.73 Å². The summed E-state index contributed by atoms with van der Waals surface area (Å²) < 4.78 is 0. The molecule has 7 heteroatoms. The number of benzene rings is 1. The molecule has 0 aliphatic rings. The Balaban J connectivity index is 2.42. The van der Waals surface area contributed by atoms with Gasteiger partial charge in [-0.05, 0) is 12.1 Å². The van der Waals surface area contributed by atoms with Crippen molar-refractivity contribution >= 4 is 11.5 Å². The summed E-state index contributed by atoms with van der Waals surface area (Å²) in [5.41, 5.74) is 6.91. The van der Waals surface area contributed by atoms with Gasteiger partial charge in [-0.25, -0.2) is 0 Å². The zero-order valence-electron chi connectivity index (χ0n) is 8.49. The van der Waals surface area contributed by atoms with Crippen molar-refractivity contribution in [1.82, 2.24) is 15.0 Å². The highest BCUT2D eigenvalue weighted by molar-refractivity contribution is 5.69. The summed E-state index contributed by atoms with van der Waals surface area (Å²) >= 11 is 0. The highest BCUT2D eigenvalue weighted by atomic mass is 16.6.